The maximum Gasteiger partial charge on any atom is 0.245 e. The minimum atomic E-state index is -4.65. The molecule has 3 aromatic rings. The summed E-state index contributed by atoms with van der Waals surface area (Å²) in [4.78, 5) is 1.75. The van der Waals surface area contributed by atoms with Crippen molar-refractivity contribution in [2.24, 2.45) is 0 Å². The largest absolute Gasteiger partial charge is 0.744 e. The molecule has 0 fully saturated rings. The number of rotatable bonds is 7. The summed E-state index contributed by atoms with van der Waals surface area (Å²) in [7, 11) is -4.65. The van der Waals surface area contributed by atoms with Crippen LogP contribution in [0, 0.1) is 0 Å². The Hall–Kier alpha value is -2.96. The fourth-order valence-electron chi connectivity index (χ4n) is 5.00. The van der Waals surface area contributed by atoms with Crippen molar-refractivity contribution in [2.45, 2.75) is 70.2 Å². The van der Waals surface area contributed by atoms with Gasteiger partial charge in [0, 0.05) is 16.7 Å². The molecule has 0 aromatic heterocycles. The lowest BCUT2D eigenvalue weighted by atomic mass is 9.87. The van der Waals surface area contributed by atoms with Crippen LogP contribution in [0.1, 0.15) is 87.6 Å². The average molecular weight is 505 g/mol. The van der Waals surface area contributed by atoms with Crippen LogP contribution in [-0.4, -0.2) is 30.4 Å². The van der Waals surface area contributed by atoms with Crippen LogP contribution >= 0.6 is 0 Å². The molecule has 36 heavy (non-hydrogen) atoms. The highest BCUT2D eigenvalue weighted by Gasteiger charge is 2.39. The van der Waals surface area contributed by atoms with Gasteiger partial charge in [0.15, 0.2) is 6.04 Å². The van der Waals surface area contributed by atoms with Crippen molar-refractivity contribution < 1.29 is 17.5 Å². The van der Waals surface area contributed by atoms with Crippen molar-refractivity contribution >= 4 is 27.8 Å². The summed E-state index contributed by atoms with van der Waals surface area (Å²) >= 11 is 0. The molecular weight excluding hydrogens is 468 g/mol. The van der Waals surface area contributed by atoms with Crippen molar-refractivity contribution in [3.05, 3.63) is 89.0 Å². The summed E-state index contributed by atoms with van der Waals surface area (Å²) < 4.78 is 38.8. The first-order valence-electron chi connectivity index (χ1n) is 12.7. The second-order valence-corrected chi connectivity index (χ2v) is 11.9. The molecule has 0 unspecified atom stereocenters. The quantitative estimate of drug-likeness (QED) is 0.259. The van der Waals surface area contributed by atoms with E-state index in [0.29, 0.717) is 30.0 Å². The third kappa shape index (κ3) is 5.11. The van der Waals surface area contributed by atoms with Crippen LogP contribution in [0.5, 0.6) is 0 Å². The first-order valence-corrected chi connectivity index (χ1v) is 14.1. The summed E-state index contributed by atoms with van der Waals surface area (Å²) in [6, 6.07) is 21.0. The SMILES string of the molecule is CC(C)c1cc(C(C)C)c([N+]2=CN(c3ccccc3S(=O)(=O)[O-])[C@@H](c3ccccc3)C2)c(C(C)C)c1. The van der Waals surface area contributed by atoms with E-state index in [1.54, 1.807) is 18.2 Å². The van der Waals surface area contributed by atoms with Crippen LogP contribution in [0.25, 0.3) is 0 Å². The van der Waals surface area contributed by atoms with Crippen LogP contribution in [0.2, 0.25) is 0 Å². The van der Waals surface area contributed by atoms with Gasteiger partial charge >= 0.3 is 0 Å². The van der Waals surface area contributed by atoms with Gasteiger partial charge in [-0.1, -0.05) is 96.1 Å². The van der Waals surface area contributed by atoms with Gasteiger partial charge < -0.3 is 4.55 Å². The Morgan fingerprint density at radius 3 is 1.92 bits per heavy atom. The molecule has 0 bridgehead atoms. The Labute approximate surface area is 215 Å². The fourth-order valence-corrected chi connectivity index (χ4v) is 5.68. The molecule has 0 amide bonds. The van der Waals surface area contributed by atoms with E-state index in [4.69, 9.17) is 0 Å². The van der Waals surface area contributed by atoms with E-state index in [-0.39, 0.29) is 10.9 Å². The number of anilines is 1. The van der Waals surface area contributed by atoms with Gasteiger partial charge in [-0.05, 0) is 35.4 Å². The van der Waals surface area contributed by atoms with Gasteiger partial charge in [0.2, 0.25) is 6.34 Å². The summed E-state index contributed by atoms with van der Waals surface area (Å²) in [5, 5.41) is 0. The molecule has 1 heterocycles. The van der Waals surface area contributed by atoms with Crippen LogP contribution in [0.4, 0.5) is 11.4 Å². The van der Waals surface area contributed by atoms with Gasteiger partial charge in [-0.2, -0.15) is 0 Å². The Morgan fingerprint density at radius 1 is 0.833 bits per heavy atom. The van der Waals surface area contributed by atoms with Crippen LogP contribution in [0.3, 0.4) is 0 Å². The van der Waals surface area contributed by atoms with Crippen LogP contribution in [-0.2, 0) is 10.1 Å². The molecule has 3 aromatic carbocycles. The highest BCUT2D eigenvalue weighted by molar-refractivity contribution is 7.86. The monoisotopic (exact) mass is 504 g/mol. The Kier molecular flexibility index (Phi) is 7.39. The van der Waals surface area contributed by atoms with Crippen LogP contribution in [0.15, 0.2) is 71.6 Å². The number of para-hydroxylation sites is 1. The van der Waals surface area contributed by atoms with Crippen LogP contribution < -0.4 is 4.90 Å². The first kappa shape index (κ1) is 26.1. The van der Waals surface area contributed by atoms with E-state index in [0.717, 1.165) is 5.56 Å². The summed E-state index contributed by atoms with van der Waals surface area (Å²) in [5.41, 5.74) is 6.52. The second-order valence-electron chi connectivity index (χ2n) is 10.5. The number of hydrogen-bond donors (Lipinski definition) is 0. The summed E-state index contributed by atoms with van der Waals surface area (Å²) in [5.74, 6) is 1.03. The first-order chi connectivity index (χ1) is 17.0. The van der Waals surface area contributed by atoms with Crippen molar-refractivity contribution in [1.82, 2.24) is 0 Å². The van der Waals surface area contributed by atoms with Gasteiger partial charge in [-0.15, -0.1) is 0 Å². The minimum absolute atomic E-state index is 0.154. The lowest BCUT2D eigenvalue weighted by molar-refractivity contribution is -0.430. The van der Waals surface area contributed by atoms with E-state index in [2.05, 4.69) is 70.4 Å². The van der Waals surface area contributed by atoms with Crippen molar-refractivity contribution in [1.29, 1.82) is 0 Å². The Morgan fingerprint density at radius 2 is 1.39 bits per heavy atom. The van der Waals surface area contributed by atoms with Crippen molar-refractivity contribution in [3.8, 4) is 0 Å². The van der Waals surface area contributed by atoms with Gasteiger partial charge in [-0.3, -0.25) is 0 Å². The Balaban J connectivity index is 1.97. The molecule has 6 heteroatoms. The number of hydrogen-bond acceptors (Lipinski definition) is 4. The molecular formula is C30H36N2O3S. The molecule has 0 N–H and O–H groups in total. The van der Waals surface area contributed by atoms with Gasteiger partial charge in [0.1, 0.15) is 32.9 Å². The van der Waals surface area contributed by atoms with Gasteiger partial charge in [0.05, 0.1) is 0 Å². The molecule has 190 valence electrons. The maximum absolute atomic E-state index is 12.2. The van der Waals surface area contributed by atoms with Gasteiger partial charge in [0.25, 0.3) is 0 Å². The summed E-state index contributed by atoms with van der Waals surface area (Å²) in [6.45, 7) is 13.9. The molecule has 0 radical (unpaired) electrons. The Bertz CT molecular complexity index is 1350. The predicted molar refractivity (Wildman–Crippen MR) is 146 cm³/mol. The fraction of sp³-hybridized carbons (Fsp3) is 0.367. The molecule has 1 aliphatic rings. The zero-order valence-corrected chi connectivity index (χ0v) is 22.8. The number of benzene rings is 3. The molecule has 0 aliphatic carbocycles. The molecule has 1 aliphatic heterocycles. The van der Waals surface area contributed by atoms with Crippen molar-refractivity contribution in [2.75, 3.05) is 11.4 Å². The minimum Gasteiger partial charge on any atom is -0.744 e. The number of nitrogens with zero attached hydrogens (tertiary/aromatic N) is 2. The standard InChI is InChI=1S/C30H36N2O3S/c1-20(2)24-16-25(21(3)4)30(26(17-24)22(5)6)31-18-28(23-12-8-7-9-13-23)32(19-31)27-14-10-11-15-29(27)36(33,34)35/h7-17,19-22,28H,18H2,1-6H3/t28-/m1/s1. The van der Waals surface area contributed by atoms with E-state index in [9.17, 15) is 13.0 Å². The summed E-state index contributed by atoms with van der Waals surface area (Å²) in [6.07, 6.45) is 1.99. The second kappa shape index (κ2) is 10.2. The molecule has 4 rings (SSSR count). The zero-order chi connectivity index (χ0) is 26.2. The smallest absolute Gasteiger partial charge is 0.245 e. The molecule has 0 saturated heterocycles. The molecule has 0 spiro atoms. The lowest BCUT2D eigenvalue weighted by Crippen LogP contribution is -2.25. The van der Waals surface area contributed by atoms with E-state index >= 15 is 0 Å². The van der Waals surface area contributed by atoms with E-state index < -0.39 is 10.1 Å². The molecule has 0 saturated carbocycles. The third-order valence-corrected chi connectivity index (χ3v) is 7.84. The normalized spacial score (nSPS) is 16.3. The highest BCUT2D eigenvalue weighted by atomic mass is 32.2. The zero-order valence-electron chi connectivity index (χ0n) is 22.0. The topological polar surface area (TPSA) is 63.5 Å². The average Bonchev–Trinajstić information content (AvgIpc) is 3.28. The highest BCUT2D eigenvalue weighted by Crippen LogP contribution is 2.41. The van der Waals surface area contributed by atoms with E-state index in [1.165, 1.54) is 28.4 Å². The predicted octanol–water partition coefficient (Wildman–Crippen LogP) is 6.89. The maximum atomic E-state index is 12.2. The third-order valence-electron chi connectivity index (χ3n) is 6.96. The molecule has 5 nitrogen and oxygen atoms in total. The van der Waals surface area contributed by atoms with Gasteiger partial charge in [-0.25, -0.2) is 17.9 Å². The lowest BCUT2D eigenvalue weighted by Gasteiger charge is -2.22. The van der Waals surface area contributed by atoms with Crippen molar-refractivity contribution in [3.63, 3.8) is 0 Å². The van der Waals surface area contributed by atoms with E-state index in [1.807, 2.05) is 29.4 Å². The molecule has 1 atom stereocenters.